The Labute approximate surface area is 313 Å². The van der Waals surface area contributed by atoms with Gasteiger partial charge in [0.05, 0.1) is 17.1 Å². The molecular weight excluding hydrogens is 691 g/mol. The number of nitro groups is 1. The highest BCUT2D eigenvalue weighted by atomic mass is 32.2. The van der Waals surface area contributed by atoms with Gasteiger partial charge in [0.1, 0.15) is 11.5 Å². The Hall–Kier alpha value is -5.10. The molecule has 1 aromatic heterocycles. The predicted molar refractivity (Wildman–Crippen MR) is 205 cm³/mol. The van der Waals surface area contributed by atoms with E-state index in [2.05, 4.69) is 5.32 Å². The molecule has 274 valence electrons. The molecule has 4 aromatic carbocycles. The van der Waals surface area contributed by atoms with Crippen LogP contribution in [0, 0.1) is 10.1 Å². The molecule has 0 bridgehead atoms. The van der Waals surface area contributed by atoms with Crippen LogP contribution in [-0.4, -0.2) is 33.5 Å². The number of nitro benzene ring substituents is 1. The topological polar surface area (TPSA) is 134 Å². The molecule has 0 radical (unpaired) electrons. The quantitative estimate of drug-likeness (QED) is 0.0429. The molecule has 1 aliphatic rings. The highest BCUT2D eigenvalue weighted by Gasteiger charge is 2.33. The van der Waals surface area contributed by atoms with Crippen molar-refractivity contribution in [1.82, 2.24) is 4.98 Å². The summed E-state index contributed by atoms with van der Waals surface area (Å²) < 4.78 is 19.3. The number of non-ortho nitro benzene ring substituents is 1. The number of rotatable bonds is 17. The Bertz CT molecular complexity index is 1890. The Morgan fingerprint density at radius 1 is 0.811 bits per heavy atom. The van der Waals surface area contributed by atoms with Gasteiger partial charge in [0.25, 0.3) is 10.9 Å². The SMILES string of the molecule is CCC(=O)CCCCCCC(=O)Nc1ccc(C2CC(CSc3nc(-c4ccccc4)c(-c4ccccc4)o3)OC(c3ccc([N+](=O)[O-])cc3)O2)cc1. The number of oxazole rings is 1. The standard InChI is InChI=1S/C42H43N3O7S/c1-2-35(46)17-11-3-4-12-18-38(47)43-33-23-19-29(20-24-33)37-27-36(50-41(51-37)32-21-25-34(26-22-32)45(48)49)28-53-42-44-39(30-13-7-5-8-14-30)40(52-42)31-15-9-6-10-16-31/h5-10,13-16,19-26,36-37,41H,2-4,11-12,17-18,27-28H2,1H3,(H,43,47). The number of Topliss-reactive ketones (excluding diaryl/α,β-unsaturated/α-hetero) is 1. The number of nitrogens with one attached hydrogen (secondary N) is 1. The highest BCUT2D eigenvalue weighted by molar-refractivity contribution is 7.99. The number of hydrogen-bond donors (Lipinski definition) is 1. The fourth-order valence-corrected chi connectivity index (χ4v) is 7.03. The Kier molecular flexibility index (Phi) is 13.2. The summed E-state index contributed by atoms with van der Waals surface area (Å²) in [6.45, 7) is 1.88. The van der Waals surface area contributed by atoms with Crippen molar-refractivity contribution in [2.45, 2.75) is 82.0 Å². The third-order valence-corrected chi connectivity index (χ3v) is 10.1. The maximum Gasteiger partial charge on any atom is 0.269 e. The fraction of sp³-hybridized carbons (Fsp3) is 0.310. The van der Waals surface area contributed by atoms with Gasteiger partial charge in [0.2, 0.25) is 5.91 Å². The number of thioether (sulfide) groups is 1. The van der Waals surface area contributed by atoms with Crippen molar-refractivity contribution >= 4 is 34.8 Å². The molecule has 11 heteroatoms. The number of amides is 1. The number of nitrogens with zero attached hydrogens (tertiary/aromatic N) is 2. The van der Waals surface area contributed by atoms with E-state index in [9.17, 15) is 19.7 Å². The number of hydrogen-bond acceptors (Lipinski definition) is 9. The Morgan fingerprint density at radius 2 is 1.45 bits per heavy atom. The second-order valence-electron chi connectivity index (χ2n) is 13.0. The van der Waals surface area contributed by atoms with Gasteiger partial charge in [-0.05, 0) is 42.7 Å². The van der Waals surface area contributed by atoms with E-state index >= 15 is 0 Å². The predicted octanol–water partition coefficient (Wildman–Crippen LogP) is 10.5. The van der Waals surface area contributed by atoms with Gasteiger partial charge in [-0.2, -0.15) is 0 Å². The molecule has 2 heterocycles. The summed E-state index contributed by atoms with van der Waals surface area (Å²) in [4.78, 5) is 39.9. The highest BCUT2D eigenvalue weighted by Crippen LogP contribution is 2.41. The molecule has 1 amide bonds. The molecule has 0 aliphatic carbocycles. The smallest absolute Gasteiger partial charge is 0.269 e. The number of unbranched alkanes of at least 4 members (excludes halogenated alkanes) is 3. The van der Waals surface area contributed by atoms with Crippen LogP contribution in [0.5, 0.6) is 0 Å². The van der Waals surface area contributed by atoms with Crippen molar-refractivity contribution in [1.29, 1.82) is 0 Å². The first-order chi connectivity index (χ1) is 25.9. The van der Waals surface area contributed by atoms with Crippen molar-refractivity contribution in [2.75, 3.05) is 11.1 Å². The molecule has 1 N–H and O–H groups in total. The fourth-order valence-electron chi connectivity index (χ4n) is 6.18. The molecule has 53 heavy (non-hydrogen) atoms. The molecule has 3 atom stereocenters. The number of ketones is 1. The summed E-state index contributed by atoms with van der Waals surface area (Å²) in [6.07, 6.45) is 4.30. The largest absolute Gasteiger partial charge is 0.431 e. The Balaban J connectivity index is 1.13. The van der Waals surface area contributed by atoms with E-state index < -0.39 is 11.2 Å². The molecule has 3 unspecified atom stereocenters. The molecule has 6 rings (SSSR count). The minimum atomic E-state index is -0.760. The lowest BCUT2D eigenvalue weighted by Crippen LogP contribution is -2.31. The molecule has 0 saturated carbocycles. The van der Waals surface area contributed by atoms with Gasteiger partial charge >= 0.3 is 0 Å². The third-order valence-electron chi connectivity index (χ3n) is 9.11. The van der Waals surface area contributed by atoms with Crippen molar-refractivity contribution < 1.29 is 28.4 Å². The second kappa shape index (κ2) is 18.6. The van der Waals surface area contributed by atoms with Crippen LogP contribution in [-0.2, 0) is 19.1 Å². The first kappa shape index (κ1) is 37.7. The van der Waals surface area contributed by atoms with Crippen molar-refractivity contribution in [3.8, 4) is 22.6 Å². The van der Waals surface area contributed by atoms with Gasteiger partial charge in [0, 0.05) is 65.9 Å². The van der Waals surface area contributed by atoms with Crippen LogP contribution in [0.25, 0.3) is 22.6 Å². The number of carbonyl (C=O) groups is 2. The van der Waals surface area contributed by atoms with E-state index in [-0.39, 0.29) is 29.6 Å². The third kappa shape index (κ3) is 10.5. The van der Waals surface area contributed by atoms with Gasteiger partial charge < -0.3 is 19.2 Å². The zero-order valence-corrected chi connectivity index (χ0v) is 30.5. The van der Waals surface area contributed by atoms with Crippen LogP contribution in [0.2, 0.25) is 0 Å². The van der Waals surface area contributed by atoms with Gasteiger partial charge in [0.15, 0.2) is 12.1 Å². The number of aromatic nitrogens is 1. The van der Waals surface area contributed by atoms with Crippen LogP contribution in [0.1, 0.15) is 81.8 Å². The van der Waals surface area contributed by atoms with Crippen molar-refractivity contribution in [2.24, 2.45) is 0 Å². The van der Waals surface area contributed by atoms with Crippen molar-refractivity contribution in [3.05, 3.63) is 130 Å². The maximum atomic E-state index is 12.6. The molecule has 1 saturated heterocycles. The van der Waals surface area contributed by atoms with Gasteiger partial charge in [-0.15, -0.1) is 0 Å². The lowest BCUT2D eigenvalue weighted by molar-refractivity contribution is -0.384. The zero-order valence-electron chi connectivity index (χ0n) is 29.6. The number of benzene rings is 4. The number of carbonyl (C=O) groups excluding carboxylic acids is 2. The molecule has 10 nitrogen and oxygen atoms in total. The van der Waals surface area contributed by atoms with E-state index in [1.165, 1.54) is 23.9 Å². The normalized spacial score (nSPS) is 17.0. The van der Waals surface area contributed by atoms with E-state index in [1.54, 1.807) is 12.1 Å². The molecule has 1 fully saturated rings. The van der Waals surface area contributed by atoms with E-state index in [1.807, 2.05) is 91.9 Å². The minimum absolute atomic E-state index is 0.0124. The van der Waals surface area contributed by atoms with E-state index in [4.69, 9.17) is 18.9 Å². The van der Waals surface area contributed by atoms with Gasteiger partial charge in [-0.1, -0.05) is 104 Å². The van der Waals surface area contributed by atoms with E-state index in [0.29, 0.717) is 53.7 Å². The van der Waals surface area contributed by atoms with Crippen LogP contribution in [0.3, 0.4) is 0 Å². The molecule has 0 spiro atoms. The van der Waals surface area contributed by atoms with Crippen LogP contribution < -0.4 is 5.32 Å². The summed E-state index contributed by atoms with van der Waals surface area (Å²) in [5.74, 6) is 1.46. The summed E-state index contributed by atoms with van der Waals surface area (Å²) in [7, 11) is 0. The average Bonchev–Trinajstić information content (AvgIpc) is 3.63. The molecule has 5 aromatic rings. The van der Waals surface area contributed by atoms with Crippen LogP contribution in [0.4, 0.5) is 11.4 Å². The molecular formula is C42H43N3O7S. The monoisotopic (exact) mass is 733 g/mol. The zero-order chi connectivity index (χ0) is 37.0. The lowest BCUT2D eigenvalue weighted by atomic mass is 10.0. The minimum Gasteiger partial charge on any atom is -0.431 e. The average molecular weight is 734 g/mol. The first-order valence-electron chi connectivity index (χ1n) is 18.1. The summed E-state index contributed by atoms with van der Waals surface area (Å²) in [5, 5.41) is 14.8. The molecule has 1 aliphatic heterocycles. The summed E-state index contributed by atoms with van der Waals surface area (Å²) in [5.41, 5.74) is 4.93. The number of anilines is 1. The lowest BCUT2D eigenvalue weighted by Gasteiger charge is -2.36. The maximum absolute atomic E-state index is 12.6. The number of ether oxygens (including phenoxy) is 2. The Morgan fingerprint density at radius 3 is 2.11 bits per heavy atom. The summed E-state index contributed by atoms with van der Waals surface area (Å²) in [6, 6.07) is 33.7. The van der Waals surface area contributed by atoms with Gasteiger partial charge in [-0.3, -0.25) is 19.7 Å². The van der Waals surface area contributed by atoms with Gasteiger partial charge in [-0.25, -0.2) is 4.98 Å². The van der Waals surface area contributed by atoms with Crippen molar-refractivity contribution in [3.63, 3.8) is 0 Å². The van der Waals surface area contributed by atoms with Crippen LogP contribution in [0.15, 0.2) is 119 Å². The van der Waals surface area contributed by atoms with E-state index in [0.717, 1.165) is 48.1 Å². The first-order valence-corrected chi connectivity index (χ1v) is 19.1. The van der Waals surface area contributed by atoms with Crippen LogP contribution >= 0.6 is 11.8 Å². The summed E-state index contributed by atoms with van der Waals surface area (Å²) >= 11 is 1.46. The second-order valence-corrected chi connectivity index (χ2v) is 13.9.